The average molecular weight is 428 g/mol. The first-order chi connectivity index (χ1) is 14.2. The second kappa shape index (κ2) is 17.1. The van der Waals surface area contributed by atoms with E-state index in [1.165, 1.54) is 64.2 Å². The topological polar surface area (TPSA) is 102 Å². The zero-order chi connectivity index (χ0) is 22.8. The van der Waals surface area contributed by atoms with Gasteiger partial charge in [-0.25, -0.2) is 9.69 Å². The van der Waals surface area contributed by atoms with Crippen LogP contribution < -0.4 is 11.1 Å². The Morgan fingerprint density at radius 2 is 1.30 bits per heavy atom. The molecule has 3 N–H and O–H groups in total. The van der Waals surface area contributed by atoms with Crippen molar-refractivity contribution in [1.82, 2.24) is 10.2 Å². The molecule has 0 aliphatic heterocycles. The van der Waals surface area contributed by atoms with Crippen LogP contribution in [0.2, 0.25) is 0 Å². The lowest BCUT2D eigenvalue weighted by Gasteiger charge is -2.25. The van der Waals surface area contributed by atoms with E-state index in [1.807, 2.05) is 0 Å². The van der Waals surface area contributed by atoms with E-state index in [0.717, 1.165) is 17.7 Å². The quantitative estimate of drug-likeness (QED) is 0.332. The predicted molar refractivity (Wildman–Crippen MR) is 121 cm³/mol. The Balaban J connectivity index is 3.82. The highest BCUT2D eigenvalue weighted by molar-refractivity contribution is 5.96. The zero-order valence-corrected chi connectivity index (χ0v) is 19.8. The lowest BCUT2D eigenvalue weighted by molar-refractivity contribution is -0.133. The Labute approximate surface area is 183 Å². The summed E-state index contributed by atoms with van der Waals surface area (Å²) in [6.07, 6.45) is 14.5. The summed E-state index contributed by atoms with van der Waals surface area (Å²) in [7, 11) is 0. The number of hydrogen-bond acceptors (Lipinski definition) is 5. The molecule has 3 amide bonds. The van der Waals surface area contributed by atoms with Crippen LogP contribution >= 0.6 is 0 Å². The van der Waals surface area contributed by atoms with Gasteiger partial charge in [-0.3, -0.25) is 9.59 Å². The number of ether oxygens (including phenoxy) is 1. The van der Waals surface area contributed by atoms with Gasteiger partial charge in [-0.15, -0.1) is 0 Å². The number of imide groups is 1. The van der Waals surface area contributed by atoms with Gasteiger partial charge in [-0.2, -0.15) is 0 Å². The van der Waals surface area contributed by atoms with Crippen molar-refractivity contribution in [2.24, 2.45) is 5.73 Å². The molecule has 0 fully saturated rings. The summed E-state index contributed by atoms with van der Waals surface area (Å²) in [6.45, 7) is 7.54. The molecule has 30 heavy (non-hydrogen) atoms. The standard InChI is InChI=1S/C23H45N3O4/c1-5-6-7-8-9-10-11-12-13-14-15-16-17-25-18-21(28)26(19-20(24)27)22(29)30-23(2,3)4/h25H,5-19H2,1-4H3,(H2,24,27). The van der Waals surface area contributed by atoms with E-state index in [-0.39, 0.29) is 6.54 Å². The molecule has 0 radical (unpaired) electrons. The molecule has 0 aliphatic carbocycles. The molecule has 0 aromatic heterocycles. The second-order valence-corrected chi connectivity index (χ2v) is 8.99. The molecular formula is C23H45N3O4. The molecule has 0 saturated heterocycles. The Morgan fingerprint density at radius 1 is 0.833 bits per heavy atom. The number of nitrogens with one attached hydrogen (secondary N) is 1. The van der Waals surface area contributed by atoms with Crippen LogP contribution in [0.4, 0.5) is 4.79 Å². The summed E-state index contributed by atoms with van der Waals surface area (Å²) >= 11 is 0. The van der Waals surface area contributed by atoms with E-state index in [9.17, 15) is 14.4 Å². The van der Waals surface area contributed by atoms with Gasteiger partial charge in [0, 0.05) is 0 Å². The second-order valence-electron chi connectivity index (χ2n) is 8.99. The number of hydrogen-bond donors (Lipinski definition) is 2. The molecule has 0 saturated carbocycles. The molecule has 7 heteroatoms. The molecule has 0 unspecified atom stereocenters. The van der Waals surface area contributed by atoms with E-state index in [0.29, 0.717) is 6.54 Å². The zero-order valence-electron chi connectivity index (χ0n) is 19.8. The molecule has 0 rings (SSSR count). The number of carbonyl (C=O) groups is 3. The SMILES string of the molecule is CCCCCCCCCCCCCCNCC(=O)N(CC(N)=O)C(=O)OC(C)(C)C. The third-order valence-electron chi connectivity index (χ3n) is 4.71. The Bertz CT molecular complexity index is 489. The van der Waals surface area contributed by atoms with E-state index in [4.69, 9.17) is 10.5 Å². The maximum atomic E-state index is 12.3. The smallest absolute Gasteiger partial charge is 0.417 e. The fourth-order valence-electron chi connectivity index (χ4n) is 3.11. The van der Waals surface area contributed by atoms with Crippen LogP contribution in [0.25, 0.3) is 0 Å². The predicted octanol–water partition coefficient (Wildman–Crippen LogP) is 4.53. The molecular weight excluding hydrogens is 382 g/mol. The number of amides is 3. The molecule has 0 heterocycles. The van der Waals surface area contributed by atoms with Gasteiger partial charge in [0.1, 0.15) is 12.1 Å². The summed E-state index contributed by atoms with van der Waals surface area (Å²) in [5.41, 5.74) is 4.40. The Morgan fingerprint density at radius 3 is 1.73 bits per heavy atom. The van der Waals surface area contributed by atoms with Crippen molar-refractivity contribution in [1.29, 1.82) is 0 Å². The largest absolute Gasteiger partial charge is 0.443 e. The van der Waals surface area contributed by atoms with Crippen molar-refractivity contribution in [3.8, 4) is 0 Å². The number of nitrogens with zero attached hydrogens (tertiary/aromatic N) is 1. The highest BCUT2D eigenvalue weighted by atomic mass is 16.6. The number of nitrogens with two attached hydrogens (primary N) is 1. The highest BCUT2D eigenvalue weighted by Crippen LogP contribution is 2.12. The number of unbranched alkanes of at least 4 members (excludes halogenated alkanes) is 11. The van der Waals surface area contributed by atoms with Gasteiger partial charge in [0.05, 0.1) is 6.54 Å². The van der Waals surface area contributed by atoms with Gasteiger partial charge in [0.25, 0.3) is 0 Å². The van der Waals surface area contributed by atoms with Crippen LogP contribution in [0.5, 0.6) is 0 Å². The van der Waals surface area contributed by atoms with Gasteiger partial charge < -0.3 is 15.8 Å². The molecule has 0 aromatic carbocycles. The maximum Gasteiger partial charge on any atom is 0.417 e. The first-order valence-electron chi connectivity index (χ1n) is 11.7. The molecule has 0 aromatic rings. The molecule has 0 atom stereocenters. The van der Waals surface area contributed by atoms with Crippen LogP contribution in [0.1, 0.15) is 105 Å². The molecule has 0 bridgehead atoms. The minimum absolute atomic E-state index is 0.0233. The normalized spacial score (nSPS) is 11.3. The van der Waals surface area contributed by atoms with Crippen molar-refractivity contribution in [3.63, 3.8) is 0 Å². The lowest BCUT2D eigenvalue weighted by Crippen LogP contribution is -2.48. The molecule has 0 aliphatic rings. The number of rotatable bonds is 17. The number of carbonyl (C=O) groups excluding carboxylic acids is 3. The molecule has 0 spiro atoms. The van der Waals surface area contributed by atoms with Crippen molar-refractivity contribution in [3.05, 3.63) is 0 Å². The van der Waals surface area contributed by atoms with Gasteiger partial charge >= 0.3 is 6.09 Å². The van der Waals surface area contributed by atoms with Gasteiger partial charge in [-0.1, -0.05) is 77.6 Å². The van der Waals surface area contributed by atoms with Crippen LogP contribution in [0, 0.1) is 0 Å². The summed E-state index contributed by atoms with van der Waals surface area (Å²) in [4.78, 5) is 36.4. The highest BCUT2D eigenvalue weighted by Gasteiger charge is 2.28. The first-order valence-corrected chi connectivity index (χ1v) is 11.7. The van der Waals surface area contributed by atoms with E-state index in [2.05, 4.69) is 12.2 Å². The van der Waals surface area contributed by atoms with Gasteiger partial charge in [0.2, 0.25) is 11.8 Å². The molecule has 176 valence electrons. The van der Waals surface area contributed by atoms with E-state index >= 15 is 0 Å². The maximum absolute atomic E-state index is 12.3. The monoisotopic (exact) mass is 427 g/mol. The lowest BCUT2D eigenvalue weighted by atomic mass is 10.1. The van der Waals surface area contributed by atoms with Crippen molar-refractivity contribution >= 4 is 17.9 Å². The van der Waals surface area contributed by atoms with Crippen molar-refractivity contribution in [2.45, 2.75) is 110 Å². The van der Waals surface area contributed by atoms with E-state index in [1.54, 1.807) is 20.8 Å². The molecule has 7 nitrogen and oxygen atoms in total. The Kier molecular flexibility index (Phi) is 16.2. The van der Waals surface area contributed by atoms with Crippen molar-refractivity contribution in [2.75, 3.05) is 19.6 Å². The van der Waals surface area contributed by atoms with Crippen LogP contribution in [-0.2, 0) is 14.3 Å². The van der Waals surface area contributed by atoms with E-state index < -0.39 is 30.1 Å². The van der Waals surface area contributed by atoms with Gasteiger partial charge in [0.15, 0.2) is 0 Å². The van der Waals surface area contributed by atoms with Crippen LogP contribution in [0.15, 0.2) is 0 Å². The van der Waals surface area contributed by atoms with Crippen LogP contribution in [0.3, 0.4) is 0 Å². The van der Waals surface area contributed by atoms with Crippen molar-refractivity contribution < 1.29 is 19.1 Å². The summed E-state index contributed by atoms with van der Waals surface area (Å²) < 4.78 is 5.18. The average Bonchev–Trinajstić information content (AvgIpc) is 2.64. The minimum Gasteiger partial charge on any atom is -0.443 e. The Hall–Kier alpha value is -1.63. The summed E-state index contributed by atoms with van der Waals surface area (Å²) in [6, 6.07) is 0. The minimum atomic E-state index is -0.849. The summed E-state index contributed by atoms with van der Waals surface area (Å²) in [5.74, 6) is -1.27. The van der Waals surface area contributed by atoms with Gasteiger partial charge in [-0.05, 0) is 33.7 Å². The third-order valence-corrected chi connectivity index (χ3v) is 4.71. The first kappa shape index (κ1) is 28.4. The summed E-state index contributed by atoms with van der Waals surface area (Å²) in [5, 5.41) is 3.04. The van der Waals surface area contributed by atoms with Crippen LogP contribution in [-0.4, -0.2) is 48.0 Å². The fourth-order valence-corrected chi connectivity index (χ4v) is 3.11. The third kappa shape index (κ3) is 17.2. The fraction of sp³-hybridized carbons (Fsp3) is 0.870. The number of primary amides is 1.